The van der Waals surface area contributed by atoms with Crippen LogP contribution in [0.1, 0.15) is 51.7 Å². The number of ether oxygens (including phenoxy) is 1. The van der Waals surface area contributed by atoms with Crippen LogP contribution in [0.4, 0.5) is 0 Å². The topological polar surface area (TPSA) is 94.3 Å². The number of rotatable bonds is 5. The number of hydrogen-bond donors (Lipinski definition) is 1. The Bertz CT molecular complexity index is 739. The summed E-state index contributed by atoms with van der Waals surface area (Å²) in [6.07, 6.45) is 5.18. The third kappa shape index (κ3) is 3.00. The average Bonchev–Trinajstić information content (AvgIpc) is 2.95. The van der Waals surface area contributed by atoms with Gasteiger partial charge in [-0.2, -0.15) is 0 Å². The first-order chi connectivity index (χ1) is 11.1. The van der Waals surface area contributed by atoms with Gasteiger partial charge in [0.15, 0.2) is 5.78 Å². The molecule has 2 aromatic heterocycles. The van der Waals surface area contributed by atoms with E-state index in [1.807, 2.05) is 0 Å². The summed E-state index contributed by atoms with van der Waals surface area (Å²) in [5.41, 5.74) is 1.87. The van der Waals surface area contributed by atoms with E-state index in [1.165, 1.54) is 6.07 Å². The van der Waals surface area contributed by atoms with Gasteiger partial charge in [-0.1, -0.05) is 0 Å². The van der Waals surface area contributed by atoms with Crippen LogP contribution in [0.15, 0.2) is 24.7 Å². The molecule has 1 unspecified atom stereocenters. The number of aromatic carboxylic acids is 1. The second-order valence-electron chi connectivity index (χ2n) is 5.42. The minimum absolute atomic E-state index is 0.0986. The number of carboxylic acids is 1. The van der Waals surface area contributed by atoms with Crippen LogP contribution in [0.25, 0.3) is 0 Å². The Balaban J connectivity index is 1.86. The molecule has 0 aromatic carbocycles. The van der Waals surface area contributed by atoms with E-state index in [0.717, 1.165) is 5.69 Å². The summed E-state index contributed by atoms with van der Waals surface area (Å²) in [6.45, 7) is 2.75. The quantitative estimate of drug-likeness (QED) is 0.847. The van der Waals surface area contributed by atoms with Crippen molar-refractivity contribution in [2.45, 2.75) is 32.4 Å². The van der Waals surface area contributed by atoms with Crippen LogP contribution >= 0.6 is 0 Å². The molecule has 0 aliphatic carbocycles. The maximum atomic E-state index is 12.5. The molecule has 0 spiro atoms. The maximum absolute atomic E-state index is 12.5. The predicted molar refractivity (Wildman–Crippen MR) is 80.4 cm³/mol. The highest BCUT2D eigenvalue weighted by Gasteiger charge is 2.29. The highest BCUT2D eigenvalue weighted by molar-refractivity contribution is 5.99. The standard InChI is InChI=1S/C16H17N3O4/c1-10-15-12(16(21)22)8-13(19(15)6-7-23-10)14(20)3-2-11-9-17-4-5-18-11/h4-5,8-10H,2-3,6-7H2,1H3,(H,21,22). The highest BCUT2D eigenvalue weighted by atomic mass is 16.5. The van der Waals surface area contributed by atoms with E-state index in [1.54, 1.807) is 30.1 Å². The van der Waals surface area contributed by atoms with Crippen LogP contribution in [-0.2, 0) is 17.7 Å². The third-order valence-corrected chi connectivity index (χ3v) is 3.95. The number of aryl methyl sites for hydroxylation is 1. The Morgan fingerprint density at radius 2 is 2.26 bits per heavy atom. The number of nitrogens with zero attached hydrogens (tertiary/aromatic N) is 3. The van der Waals surface area contributed by atoms with Crippen molar-refractivity contribution in [3.8, 4) is 0 Å². The van der Waals surface area contributed by atoms with Crippen LogP contribution < -0.4 is 0 Å². The fourth-order valence-corrected chi connectivity index (χ4v) is 2.87. The Morgan fingerprint density at radius 3 is 2.96 bits per heavy atom. The van der Waals surface area contributed by atoms with Crippen molar-refractivity contribution in [2.24, 2.45) is 0 Å². The number of fused-ring (bicyclic) bond motifs is 1. The van der Waals surface area contributed by atoms with E-state index in [9.17, 15) is 14.7 Å². The van der Waals surface area contributed by atoms with Gasteiger partial charge in [-0.15, -0.1) is 0 Å². The summed E-state index contributed by atoms with van der Waals surface area (Å²) in [5.74, 6) is -1.14. The lowest BCUT2D eigenvalue weighted by atomic mass is 10.1. The molecule has 1 N–H and O–H groups in total. The van der Waals surface area contributed by atoms with Crippen molar-refractivity contribution in [3.05, 3.63) is 47.3 Å². The van der Waals surface area contributed by atoms with Gasteiger partial charge in [0.2, 0.25) is 0 Å². The molecule has 1 atom stereocenters. The number of aromatic nitrogens is 3. The highest BCUT2D eigenvalue weighted by Crippen LogP contribution is 2.29. The Kier molecular flexibility index (Phi) is 4.20. The zero-order valence-corrected chi connectivity index (χ0v) is 12.7. The zero-order valence-electron chi connectivity index (χ0n) is 12.7. The first-order valence-corrected chi connectivity index (χ1v) is 7.44. The molecule has 0 fully saturated rings. The fourth-order valence-electron chi connectivity index (χ4n) is 2.87. The lowest BCUT2D eigenvalue weighted by Gasteiger charge is -2.24. The van der Waals surface area contributed by atoms with Gasteiger partial charge in [0, 0.05) is 31.6 Å². The van der Waals surface area contributed by atoms with E-state index >= 15 is 0 Å². The van der Waals surface area contributed by atoms with Crippen molar-refractivity contribution in [2.75, 3.05) is 6.61 Å². The number of carbonyl (C=O) groups excluding carboxylic acids is 1. The molecule has 120 valence electrons. The van der Waals surface area contributed by atoms with E-state index in [-0.39, 0.29) is 23.9 Å². The van der Waals surface area contributed by atoms with E-state index in [2.05, 4.69) is 9.97 Å². The largest absolute Gasteiger partial charge is 0.478 e. The summed E-state index contributed by atoms with van der Waals surface area (Å²) in [6, 6.07) is 1.46. The second kappa shape index (κ2) is 6.29. The molecule has 23 heavy (non-hydrogen) atoms. The van der Waals surface area contributed by atoms with Gasteiger partial charge in [0.1, 0.15) is 0 Å². The first-order valence-electron chi connectivity index (χ1n) is 7.44. The van der Waals surface area contributed by atoms with Gasteiger partial charge in [-0.3, -0.25) is 14.8 Å². The molecule has 2 aromatic rings. The molecule has 0 amide bonds. The van der Waals surface area contributed by atoms with Crippen molar-refractivity contribution >= 4 is 11.8 Å². The number of Topliss-reactive ketones (excluding diaryl/α,β-unsaturated/α-hetero) is 1. The van der Waals surface area contributed by atoms with Crippen LogP contribution in [0.2, 0.25) is 0 Å². The van der Waals surface area contributed by atoms with Gasteiger partial charge < -0.3 is 14.4 Å². The lowest BCUT2D eigenvalue weighted by molar-refractivity contribution is 0.0301. The smallest absolute Gasteiger partial charge is 0.337 e. The SMILES string of the molecule is CC1OCCn2c(C(=O)CCc3cnccn3)cc(C(=O)O)c21. The lowest BCUT2D eigenvalue weighted by Crippen LogP contribution is -2.24. The molecule has 0 saturated carbocycles. The molecule has 3 heterocycles. The van der Waals surface area contributed by atoms with E-state index in [4.69, 9.17) is 4.74 Å². The predicted octanol–water partition coefficient (Wildman–Crippen LogP) is 1.88. The van der Waals surface area contributed by atoms with Gasteiger partial charge in [-0.25, -0.2) is 4.79 Å². The molecule has 0 saturated heterocycles. The van der Waals surface area contributed by atoms with Crippen LogP contribution in [0, 0.1) is 0 Å². The average molecular weight is 315 g/mol. The monoisotopic (exact) mass is 315 g/mol. The van der Waals surface area contributed by atoms with Crippen LogP contribution in [0.3, 0.4) is 0 Å². The minimum atomic E-state index is -1.04. The van der Waals surface area contributed by atoms with Gasteiger partial charge >= 0.3 is 5.97 Å². The Labute approximate surface area is 132 Å². The van der Waals surface area contributed by atoms with E-state index in [0.29, 0.717) is 31.0 Å². The summed E-state index contributed by atoms with van der Waals surface area (Å²) in [4.78, 5) is 32.1. The molecule has 3 rings (SSSR count). The number of ketones is 1. The van der Waals surface area contributed by atoms with Gasteiger partial charge in [0.25, 0.3) is 0 Å². The van der Waals surface area contributed by atoms with E-state index < -0.39 is 5.97 Å². The zero-order chi connectivity index (χ0) is 16.4. The molecule has 1 aliphatic heterocycles. The molecule has 7 nitrogen and oxygen atoms in total. The third-order valence-electron chi connectivity index (χ3n) is 3.95. The van der Waals surface area contributed by atoms with Crippen molar-refractivity contribution in [1.82, 2.24) is 14.5 Å². The molecule has 0 bridgehead atoms. The number of carbonyl (C=O) groups is 2. The summed E-state index contributed by atoms with van der Waals surface area (Å²) >= 11 is 0. The number of hydrogen-bond acceptors (Lipinski definition) is 5. The van der Waals surface area contributed by atoms with Crippen molar-refractivity contribution < 1.29 is 19.4 Å². The van der Waals surface area contributed by atoms with Gasteiger partial charge in [0.05, 0.1) is 35.4 Å². The second-order valence-corrected chi connectivity index (χ2v) is 5.42. The molecular formula is C16H17N3O4. The number of carboxylic acid groups (broad SMARTS) is 1. The van der Waals surface area contributed by atoms with Gasteiger partial charge in [-0.05, 0) is 19.4 Å². The Morgan fingerprint density at radius 1 is 1.43 bits per heavy atom. The van der Waals surface area contributed by atoms with Crippen LogP contribution in [0.5, 0.6) is 0 Å². The molecule has 1 aliphatic rings. The first kappa shape index (κ1) is 15.4. The summed E-state index contributed by atoms with van der Waals surface area (Å²) < 4.78 is 7.28. The normalized spacial score (nSPS) is 16.8. The summed E-state index contributed by atoms with van der Waals surface area (Å²) in [7, 11) is 0. The maximum Gasteiger partial charge on any atom is 0.337 e. The Hall–Kier alpha value is -2.54. The minimum Gasteiger partial charge on any atom is -0.478 e. The summed E-state index contributed by atoms with van der Waals surface area (Å²) in [5, 5.41) is 9.36. The van der Waals surface area contributed by atoms with Crippen molar-refractivity contribution in [1.29, 1.82) is 0 Å². The molecule has 7 heteroatoms. The van der Waals surface area contributed by atoms with Crippen LogP contribution in [-0.4, -0.2) is 38.0 Å². The molecular weight excluding hydrogens is 298 g/mol. The fraction of sp³-hybridized carbons (Fsp3) is 0.375. The molecule has 0 radical (unpaired) electrons. The van der Waals surface area contributed by atoms with Crippen molar-refractivity contribution in [3.63, 3.8) is 0 Å².